The second-order valence-corrected chi connectivity index (χ2v) is 6.82. The van der Waals surface area contributed by atoms with E-state index in [-0.39, 0.29) is 46.3 Å². The van der Waals surface area contributed by atoms with Crippen LogP contribution in [0.25, 0.3) is 0 Å². The van der Waals surface area contributed by atoms with E-state index >= 15 is 0 Å². The van der Waals surface area contributed by atoms with Gasteiger partial charge < -0.3 is 20.1 Å². The molecule has 1 atom stereocenters. The van der Waals surface area contributed by atoms with Crippen molar-refractivity contribution >= 4 is 5.78 Å². The Kier molecular flexibility index (Phi) is 4.64. The van der Waals surface area contributed by atoms with Gasteiger partial charge in [-0.05, 0) is 44.9 Å². The van der Waals surface area contributed by atoms with Crippen LogP contribution >= 0.6 is 0 Å². The Bertz CT molecular complexity index is 890. The molecule has 1 heterocycles. The molecule has 0 unspecified atom stereocenters. The Morgan fingerprint density at radius 3 is 2.42 bits per heavy atom. The number of carbonyl (C=O) groups excluding carboxylic acids is 1. The fourth-order valence-corrected chi connectivity index (χ4v) is 3.11. The maximum Gasteiger partial charge on any atom is 0.174 e. The molecule has 2 aromatic carbocycles. The molecule has 0 saturated heterocycles. The average molecular weight is 354 g/mol. The van der Waals surface area contributed by atoms with Crippen molar-refractivity contribution < 1.29 is 24.9 Å². The Balaban J connectivity index is 2.12. The first-order valence-corrected chi connectivity index (χ1v) is 8.49. The van der Waals surface area contributed by atoms with Gasteiger partial charge in [-0.25, -0.2) is 0 Å². The van der Waals surface area contributed by atoms with Gasteiger partial charge in [0.2, 0.25) is 0 Å². The number of carbonyl (C=O) groups is 1. The topological polar surface area (TPSA) is 87.0 Å². The quantitative estimate of drug-likeness (QED) is 0.714. The van der Waals surface area contributed by atoms with Gasteiger partial charge in [0.15, 0.2) is 5.78 Å². The lowest BCUT2D eigenvalue weighted by molar-refractivity contribution is 0.0842. The standard InChI is InChI=1S/C21H22O5/c1-11(2)4-9-15-19(24)12(3)20(25)18-16(23)10-17(26-21(15)18)13-5-7-14(22)8-6-13/h4-8,17,22,24-25H,9-10H2,1-3H3/t17-/m0/s1. The summed E-state index contributed by atoms with van der Waals surface area (Å²) in [5.74, 6) is -0.155. The van der Waals surface area contributed by atoms with E-state index in [4.69, 9.17) is 4.74 Å². The van der Waals surface area contributed by atoms with Crippen LogP contribution in [0.2, 0.25) is 0 Å². The molecule has 1 aliphatic rings. The van der Waals surface area contributed by atoms with Gasteiger partial charge in [0, 0.05) is 11.1 Å². The molecule has 3 N–H and O–H groups in total. The fraction of sp³-hybridized carbons (Fsp3) is 0.286. The minimum absolute atomic E-state index is 0.0575. The average Bonchev–Trinajstić information content (AvgIpc) is 2.59. The van der Waals surface area contributed by atoms with Gasteiger partial charge in [-0.1, -0.05) is 23.8 Å². The van der Waals surface area contributed by atoms with Gasteiger partial charge in [-0.3, -0.25) is 4.79 Å². The van der Waals surface area contributed by atoms with Crippen LogP contribution in [-0.2, 0) is 6.42 Å². The van der Waals surface area contributed by atoms with Crippen molar-refractivity contribution in [1.29, 1.82) is 0 Å². The Morgan fingerprint density at radius 1 is 1.15 bits per heavy atom. The number of benzene rings is 2. The summed E-state index contributed by atoms with van der Waals surface area (Å²) < 4.78 is 6.06. The van der Waals surface area contributed by atoms with Gasteiger partial charge in [-0.2, -0.15) is 0 Å². The van der Waals surface area contributed by atoms with E-state index in [2.05, 4.69) is 0 Å². The highest BCUT2D eigenvalue weighted by atomic mass is 16.5. The van der Waals surface area contributed by atoms with E-state index in [1.54, 1.807) is 19.1 Å². The van der Waals surface area contributed by atoms with Crippen LogP contribution < -0.4 is 4.74 Å². The van der Waals surface area contributed by atoms with Gasteiger partial charge >= 0.3 is 0 Å². The zero-order chi connectivity index (χ0) is 19.0. The molecule has 5 heteroatoms. The summed E-state index contributed by atoms with van der Waals surface area (Å²) in [7, 11) is 0. The number of rotatable bonds is 3. The van der Waals surface area contributed by atoms with Gasteiger partial charge in [0.25, 0.3) is 0 Å². The second kappa shape index (κ2) is 6.75. The summed E-state index contributed by atoms with van der Waals surface area (Å²) in [6.45, 7) is 5.47. The number of hydrogen-bond acceptors (Lipinski definition) is 5. The molecule has 0 radical (unpaired) electrons. The van der Waals surface area contributed by atoms with Gasteiger partial charge in [-0.15, -0.1) is 0 Å². The number of ketones is 1. The highest BCUT2D eigenvalue weighted by Gasteiger charge is 2.34. The van der Waals surface area contributed by atoms with E-state index in [0.29, 0.717) is 12.0 Å². The zero-order valence-corrected chi connectivity index (χ0v) is 15.0. The van der Waals surface area contributed by atoms with Crippen molar-refractivity contribution in [2.24, 2.45) is 0 Å². The number of hydrogen-bond donors (Lipinski definition) is 3. The van der Waals surface area contributed by atoms with Crippen LogP contribution in [0, 0.1) is 6.92 Å². The zero-order valence-electron chi connectivity index (χ0n) is 15.0. The van der Waals surface area contributed by atoms with Crippen molar-refractivity contribution in [3.63, 3.8) is 0 Å². The first-order chi connectivity index (χ1) is 12.3. The highest BCUT2D eigenvalue weighted by Crippen LogP contribution is 2.48. The molecular formula is C21H22O5. The molecule has 0 spiro atoms. The molecule has 136 valence electrons. The summed E-state index contributed by atoms with van der Waals surface area (Å²) in [5, 5.41) is 30.3. The largest absolute Gasteiger partial charge is 0.508 e. The number of ether oxygens (including phenoxy) is 1. The molecular weight excluding hydrogens is 332 g/mol. The molecule has 0 bridgehead atoms. The van der Waals surface area contributed by atoms with E-state index in [9.17, 15) is 20.1 Å². The number of aromatic hydroxyl groups is 3. The third-order valence-corrected chi connectivity index (χ3v) is 4.62. The lowest BCUT2D eigenvalue weighted by atomic mass is 9.90. The minimum atomic E-state index is -0.539. The molecule has 1 aliphatic heterocycles. The summed E-state index contributed by atoms with van der Waals surface area (Å²) in [4.78, 5) is 12.7. The van der Waals surface area contributed by atoms with Crippen LogP contribution in [0.15, 0.2) is 35.9 Å². The van der Waals surface area contributed by atoms with Crippen molar-refractivity contribution in [3.05, 3.63) is 58.2 Å². The lowest BCUT2D eigenvalue weighted by Gasteiger charge is -2.29. The van der Waals surface area contributed by atoms with Gasteiger partial charge in [0.1, 0.15) is 34.7 Å². The number of allylic oxidation sites excluding steroid dienone is 2. The third-order valence-electron chi connectivity index (χ3n) is 4.62. The molecule has 0 amide bonds. The molecule has 5 nitrogen and oxygen atoms in total. The monoisotopic (exact) mass is 354 g/mol. The molecule has 0 saturated carbocycles. The maximum atomic E-state index is 12.7. The van der Waals surface area contributed by atoms with Crippen LogP contribution in [0.5, 0.6) is 23.0 Å². The molecule has 2 aromatic rings. The van der Waals surface area contributed by atoms with E-state index in [1.165, 1.54) is 12.1 Å². The summed E-state index contributed by atoms with van der Waals surface area (Å²) in [5.41, 5.74) is 2.72. The van der Waals surface area contributed by atoms with Gasteiger partial charge in [0.05, 0.1) is 6.42 Å². The minimum Gasteiger partial charge on any atom is -0.508 e. The highest BCUT2D eigenvalue weighted by molar-refractivity contribution is 6.04. The molecule has 0 aromatic heterocycles. The smallest absolute Gasteiger partial charge is 0.174 e. The Hall–Kier alpha value is -2.95. The fourth-order valence-electron chi connectivity index (χ4n) is 3.11. The predicted molar refractivity (Wildman–Crippen MR) is 98.1 cm³/mol. The number of fused-ring (bicyclic) bond motifs is 1. The van der Waals surface area contributed by atoms with Crippen LogP contribution in [0.1, 0.15) is 53.4 Å². The van der Waals surface area contributed by atoms with Crippen molar-refractivity contribution in [1.82, 2.24) is 0 Å². The summed E-state index contributed by atoms with van der Waals surface area (Å²) in [6.07, 6.45) is 1.87. The number of phenols is 3. The van der Waals surface area contributed by atoms with Crippen LogP contribution in [-0.4, -0.2) is 21.1 Å². The van der Waals surface area contributed by atoms with E-state index in [1.807, 2.05) is 19.9 Å². The molecule has 0 aliphatic carbocycles. The van der Waals surface area contributed by atoms with Crippen molar-refractivity contribution in [2.75, 3.05) is 0 Å². The summed E-state index contributed by atoms with van der Waals surface area (Å²) in [6, 6.07) is 6.46. The number of phenolic OH excluding ortho intramolecular Hbond substituents is 3. The van der Waals surface area contributed by atoms with E-state index in [0.717, 1.165) is 11.1 Å². The Labute approximate surface area is 152 Å². The van der Waals surface area contributed by atoms with Crippen molar-refractivity contribution in [3.8, 4) is 23.0 Å². The normalized spacial score (nSPS) is 16.0. The van der Waals surface area contributed by atoms with Crippen LogP contribution in [0.4, 0.5) is 0 Å². The molecule has 3 rings (SSSR count). The first kappa shape index (κ1) is 17.9. The predicted octanol–water partition coefficient (Wildman–Crippen LogP) is 4.33. The lowest BCUT2D eigenvalue weighted by Crippen LogP contribution is -2.22. The SMILES string of the molecule is CC(C)=CCc1c(O)c(C)c(O)c2c1O[C@H](c1ccc(O)cc1)CC2=O. The second-order valence-electron chi connectivity index (χ2n) is 6.82. The number of Topliss-reactive ketones (excluding diaryl/α,β-unsaturated/α-hetero) is 1. The molecule has 26 heavy (non-hydrogen) atoms. The van der Waals surface area contributed by atoms with E-state index < -0.39 is 6.10 Å². The summed E-state index contributed by atoms with van der Waals surface area (Å²) >= 11 is 0. The first-order valence-electron chi connectivity index (χ1n) is 8.49. The molecule has 0 fully saturated rings. The maximum absolute atomic E-state index is 12.7. The Morgan fingerprint density at radius 2 is 1.81 bits per heavy atom. The third kappa shape index (κ3) is 3.12. The van der Waals surface area contributed by atoms with Crippen molar-refractivity contribution in [2.45, 2.75) is 39.7 Å². The van der Waals surface area contributed by atoms with Crippen LogP contribution in [0.3, 0.4) is 0 Å².